The van der Waals surface area contributed by atoms with E-state index in [-0.39, 0.29) is 12.1 Å². The van der Waals surface area contributed by atoms with E-state index in [0.717, 1.165) is 4.47 Å². The van der Waals surface area contributed by atoms with E-state index in [2.05, 4.69) is 21.2 Å². The molecule has 100 valence electrons. The highest BCUT2D eigenvalue weighted by atomic mass is 79.9. The molecule has 1 aliphatic heterocycles. The van der Waals surface area contributed by atoms with Crippen molar-refractivity contribution in [3.63, 3.8) is 0 Å². The van der Waals surface area contributed by atoms with E-state index >= 15 is 0 Å². The maximum absolute atomic E-state index is 12.5. The smallest absolute Gasteiger partial charge is 0.243 e. The fraction of sp³-hybridized carbons (Fsp3) is 0.500. The van der Waals surface area contributed by atoms with E-state index < -0.39 is 10.0 Å². The number of benzene rings is 1. The van der Waals surface area contributed by atoms with Crippen LogP contribution in [-0.4, -0.2) is 37.9 Å². The van der Waals surface area contributed by atoms with Crippen LogP contribution in [0.4, 0.5) is 0 Å². The Morgan fingerprint density at radius 1 is 1.28 bits per heavy atom. The highest BCUT2D eigenvalue weighted by molar-refractivity contribution is 9.10. The fourth-order valence-corrected chi connectivity index (χ4v) is 4.07. The average Bonchev–Trinajstić information content (AvgIpc) is 2.33. The predicted molar refractivity (Wildman–Crippen MR) is 75.0 cm³/mol. The van der Waals surface area contributed by atoms with Crippen LogP contribution in [-0.2, 0) is 10.0 Å². The Bertz CT molecular complexity index is 515. The molecule has 1 N–H and O–H groups in total. The lowest BCUT2D eigenvalue weighted by Gasteiger charge is -2.37. The summed E-state index contributed by atoms with van der Waals surface area (Å²) in [5.74, 6) is 0. The Morgan fingerprint density at radius 3 is 2.50 bits per heavy atom. The lowest BCUT2D eigenvalue weighted by atomic mass is 10.1. The summed E-state index contributed by atoms with van der Waals surface area (Å²) in [5, 5.41) is 3.28. The third-order valence-corrected chi connectivity index (χ3v) is 5.93. The molecular weight excluding hydrogens is 316 g/mol. The molecule has 2 unspecified atom stereocenters. The summed E-state index contributed by atoms with van der Waals surface area (Å²) < 4.78 is 27.5. The van der Waals surface area contributed by atoms with E-state index in [0.29, 0.717) is 18.0 Å². The van der Waals surface area contributed by atoms with E-state index in [9.17, 15) is 8.42 Å². The van der Waals surface area contributed by atoms with Crippen LogP contribution >= 0.6 is 15.9 Å². The first-order valence-electron chi connectivity index (χ1n) is 5.94. The molecule has 18 heavy (non-hydrogen) atoms. The van der Waals surface area contributed by atoms with Crippen molar-refractivity contribution >= 4 is 26.0 Å². The summed E-state index contributed by atoms with van der Waals surface area (Å²) >= 11 is 3.31. The molecule has 4 nitrogen and oxygen atoms in total. The van der Waals surface area contributed by atoms with Crippen molar-refractivity contribution in [2.45, 2.75) is 30.8 Å². The number of sulfonamides is 1. The molecule has 0 saturated carbocycles. The molecule has 2 atom stereocenters. The van der Waals surface area contributed by atoms with Gasteiger partial charge in [-0.2, -0.15) is 4.31 Å². The van der Waals surface area contributed by atoms with Crippen LogP contribution in [0.1, 0.15) is 13.8 Å². The molecule has 0 radical (unpaired) electrons. The maximum atomic E-state index is 12.5. The van der Waals surface area contributed by atoms with Crippen molar-refractivity contribution in [2.24, 2.45) is 0 Å². The molecule has 1 heterocycles. The molecule has 0 bridgehead atoms. The Hall–Kier alpha value is -0.430. The van der Waals surface area contributed by atoms with Crippen LogP contribution < -0.4 is 5.32 Å². The third-order valence-electron chi connectivity index (χ3n) is 3.40. The summed E-state index contributed by atoms with van der Waals surface area (Å²) in [6, 6.07) is 6.92. The van der Waals surface area contributed by atoms with Gasteiger partial charge in [0.1, 0.15) is 0 Å². The number of halogens is 1. The average molecular weight is 333 g/mol. The maximum Gasteiger partial charge on any atom is 0.243 e. The van der Waals surface area contributed by atoms with Gasteiger partial charge in [-0.1, -0.05) is 15.9 Å². The van der Waals surface area contributed by atoms with Gasteiger partial charge in [0, 0.05) is 29.6 Å². The predicted octanol–water partition coefficient (Wildman–Crippen LogP) is 1.82. The van der Waals surface area contributed by atoms with Crippen LogP contribution in [0, 0.1) is 0 Å². The van der Waals surface area contributed by atoms with Gasteiger partial charge in [0.25, 0.3) is 0 Å². The number of piperazine rings is 1. The number of rotatable bonds is 2. The zero-order chi connectivity index (χ0) is 13.3. The van der Waals surface area contributed by atoms with Gasteiger partial charge in [0.2, 0.25) is 10.0 Å². The van der Waals surface area contributed by atoms with Crippen molar-refractivity contribution < 1.29 is 8.42 Å². The van der Waals surface area contributed by atoms with Crippen LogP contribution in [0.15, 0.2) is 33.6 Å². The molecule has 6 heteroatoms. The van der Waals surface area contributed by atoms with E-state index in [1.165, 1.54) is 0 Å². The number of nitrogens with one attached hydrogen (secondary N) is 1. The lowest BCUT2D eigenvalue weighted by Crippen LogP contribution is -2.57. The summed E-state index contributed by atoms with van der Waals surface area (Å²) in [6.45, 7) is 5.16. The summed E-state index contributed by atoms with van der Waals surface area (Å²) in [5.41, 5.74) is 0. The van der Waals surface area contributed by atoms with Crippen molar-refractivity contribution in [1.82, 2.24) is 9.62 Å². The highest BCUT2D eigenvalue weighted by Gasteiger charge is 2.34. The Labute approximate surface area is 117 Å². The van der Waals surface area contributed by atoms with Crippen molar-refractivity contribution in [3.05, 3.63) is 28.7 Å². The van der Waals surface area contributed by atoms with E-state index in [4.69, 9.17) is 0 Å². The summed E-state index contributed by atoms with van der Waals surface area (Å²) in [4.78, 5) is 0.353. The molecule has 0 aliphatic carbocycles. The Kier molecular flexibility index (Phi) is 4.11. The molecular formula is C12H17BrN2O2S. The largest absolute Gasteiger partial charge is 0.311 e. The number of nitrogens with zero attached hydrogens (tertiary/aromatic N) is 1. The van der Waals surface area contributed by atoms with Gasteiger partial charge in [0.15, 0.2) is 0 Å². The van der Waals surface area contributed by atoms with Gasteiger partial charge in [-0.25, -0.2) is 8.42 Å². The monoisotopic (exact) mass is 332 g/mol. The number of hydrogen-bond acceptors (Lipinski definition) is 3. The van der Waals surface area contributed by atoms with Crippen LogP contribution in [0.3, 0.4) is 0 Å². The van der Waals surface area contributed by atoms with E-state index in [1.807, 2.05) is 13.8 Å². The third kappa shape index (κ3) is 2.61. The topological polar surface area (TPSA) is 49.4 Å². The van der Waals surface area contributed by atoms with Crippen molar-refractivity contribution in [1.29, 1.82) is 0 Å². The standard InChI is InChI=1S/C12H17BrN2O2S/c1-9-10(2)15(8-7-14-9)18(16,17)12-5-3-11(13)4-6-12/h3-6,9-10,14H,7-8H2,1-2H3. The minimum atomic E-state index is -3.39. The minimum absolute atomic E-state index is 0.0348. The summed E-state index contributed by atoms with van der Waals surface area (Å²) in [6.07, 6.45) is 0. The van der Waals surface area contributed by atoms with Gasteiger partial charge >= 0.3 is 0 Å². The lowest BCUT2D eigenvalue weighted by molar-refractivity contribution is 0.233. The normalized spacial score (nSPS) is 26.2. The minimum Gasteiger partial charge on any atom is -0.311 e. The molecule has 0 aromatic heterocycles. The van der Waals surface area contributed by atoms with Crippen molar-refractivity contribution in [3.8, 4) is 0 Å². The molecule has 2 rings (SSSR count). The van der Waals surface area contributed by atoms with Crippen LogP contribution in [0.25, 0.3) is 0 Å². The molecule has 1 aromatic carbocycles. The zero-order valence-electron chi connectivity index (χ0n) is 10.4. The SMILES string of the molecule is CC1NCCN(S(=O)(=O)c2ccc(Br)cc2)C1C. The summed E-state index contributed by atoms with van der Waals surface area (Å²) in [7, 11) is -3.39. The van der Waals surface area contributed by atoms with Gasteiger partial charge in [-0.3, -0.25) is 0 Å². The molecule has 1 saturated heterocycles. The molecule has 1 aliphatic rings. The molecule has 1 fully saturated rings. The quantitative estimate of drug-likeness (QED) is 0.898. The first-order chi connectivity index (χ1) is 8.43. The highest BCUT2D eigenvalue weighted by Crippen LogP contribution is 2.22. The Morgan fingerprint density at radius 2 is 1.89 bits per heavy atom. The first-order valence-corrected chi connectivity index (χ1v) is 8.17. The van der Waals surface area contributed by atoms with Gasteiger partial charge < -0.3 is 5.32 Å². The molecule has 0 amide bonds. The number of hydrogen-bond donors (Lipinski definition) is 1. The van der Waals surface area contributed by atoms with Gasteiger partial charge in [-0.05, 0) is 38.1 Å². The molecule has 0 spiro atoms. The first kappa shape index (κ1) is 14.0. The Balaban J connectivity index is 2.33. The second kappa shape index (κ2) is 5.28. The zero-order valence-corrected chi connectivity index (χ0v) is 12.8. The van der Waals surface area contributed by atoms with Crippen LogP contribution in [0.5, 0.6) is 0 Å². The fourth-order valence-electron chi connectivity index (χ4n) is 2.11. The van der Waals surface area contributed by atoms with E-state index in [1.54, 1.807) is 28.6 Å². The van der Waals surface area contributed by atoms with Crippen LogP contribution in [0.2, 0.25) is 0 Å². The van der Waals surface area contributed by atoms with Gasteiger partial charge in [0.05, 0.1) is 4.90 Å². The van der Waals surface area contributed by atoms with Gasteiger partial charge in [-0.15, -0.1) is 0 Å². The molecule has 1 aromatic rings. The van der Waals surface area contributed by atoms with Crippen molar-refractivity contribution in [2.75, 3.05) is 13.1 Å². The second-order valence-corrected chi connectivity index (χ2v) is 7.36. The second-order valence-electron chi connectivity index (χ2n) is 4.55.